The number of anilines is 1. The lowest BCUT2D eigenvalue weighted by molar-refractivity contribution is -0.126. The number of hydrogen-bond donors (Lipinski definition) is 1. The summed E-state index contributed by atoms with van der Waals surface area (Å²) >= 11 is 0. The van der Waals surface area contributed by atoms with E-state index in [0.717, 1.165) is 11.3 Å². The van der Waals surface area contributed by atoms with Gasteiger partial charge in [0.15, 0.2) is 5.65 Å². The topological polar surface area (TPSA) is 62.5 Å². The van der Waals surface area contributed by atoms with Crippen LogP contribution in [0.15, 0.2) is 18.2 Å². The van der Waals surface area contributed by atoms with Crippen LogP contribution in [0.4, 0.5) is 5.95 Å². The Balaban J connectivity index is 2.15. The van der Waals surface area contributed by atoms with Crippen LogP contribution in [0.1, 0.15) is 5.69 Å². The Bertz CT molecular complexity index is 546. The second-order valence-electron chi connectivity index (χ2n) is 4.01. The van der Waals surface area contributed by atoms with Crippen molar-refractivity contribution in [3.05, 3.63) is 23.9 Å². The summed E-state index contributed by atoms with van der Waals surface area (Å²) in [6.07, 6.45) is 0. The first-order valence-corrected chi connectivity index (χ1v) is 5.34. The average Bonchev–Trinajstić information content (AvgIpc) is 2.70. The van der Waals surface area contributed by atoms with E-state index < -0.39 is 0 Å². The molecule has 17 heavy (non-hydrogen) atoms. The van der Waals surface area contributed by atoms with Crippen molar-refractivity contribution >= 4 is 17.5 Å². The van der Waals surface area contributed by atoms with Crippen molar-refractivity contribution in [1.82, 2.24) is 19.5 Å². The van der Waals surface area contributed by atoms with Gasteiger partial charge in [-0.3, -0.25) is 4.79 Å². The zero-order valence-corrected chi connectivity index (χ0v) is 10.1. The van der Waals surface area contributed by atoms with E-state index in [4.69, 9.17) is 0 Å². The van der Waals surface area contributed by atoms with Crippen LogP contribution in [0.25, 0.3) is 5.65 Å². The number of likely N-dealkylation sites (N-methyl/N-ethyl adjacent to an activating group) is 1. The van der Waals surface area contributed by atoms with E-state index in [2.05, 4.69) is 15.4 Å². The number of rotatable bonds is 3. The Morgan fingerprint density at radius 2 is 2.24 bits per heavy atom. The summed E-state index contributed by atoms with van der Waals surface area (Å²) in [5, 5.41) is 7.18. The molecule has 6 heteroatoms. The molecule has 0 radical (unpaired) electrons. The molecule has 0 saturated carbocycles. The highest BCUT2D eigenvalue weighted by Crippen LogP contribution is 2.07. The Hall–Kier alpha value is -2.11. The summed E-state index contributed by atoms with van der Waals surface area (Å²) in [6, 6.07) is 5.75. The molecule has 90 valence electrons. The number of carbonyl (C=O) groups is 1. The van der Waals surface area contributed by atoms with Crippen molar-refractivity contribution in [2.45, 2.75) is 6.92 Å². The van der Waals surface area contributed by atoms with E-state index >= 15 is 0 Å². The smallest absolute Gasteiger partial charge is 0.243 e. The molecule has 0 aliphatic carbocycles. The quantitative estimate of drug-likeness (QED) is 0.840. The normalized spacial score (nSPS) is 10.5. The lowest BCUT2D eigenvalue weighted by Gasteiger charge is -2.09. The Morgan fingerprint density at radius 3 is 2.88 bits per heavy atom. The maximum atomic E-state index is 11.4. The number of nitrogens with one attached hydrogen (secondary N) is 1. The minimum atomic E-state index is -0.0134. The molecule has 0 aliphatic rings. The number of amides is 1. The van der Waals surface area contributed by atoms with E-state index in [0.29, 0.717) is 5.95 Å². The van der Waals surface area contributed by atoms with Crippen molar-refractivity contribution < 1.29 is 4.79 Å². The van der Waals surface area contributed by atoms with Gasteiger partial charge in [0.1, 0.15) is 0 Å². The summed E-state index contributed by atoms with van der Waals surface area (Å²) < 4.78 is 1.74. The summed E-state index contributed by atoms with van der Waals surface area (Å²) in [7, 11) is 3.43. The highest BCUT2D eigenvalue weighted by atomic mass is 16.2. The van der Waals surface area contributed by atoms with Crippen molar-refractivity contribution in [2.24, 2.45) is 0 Å². The summed E-state index contributed by atoms with van der Waals surface area (Å²) in [6.45, 7) is 2.15. The number of nitrogens with zero attached hydrogens (tertiary/aromatic N) is 4. The molecular weight excluding hydrogens is 218 g/mol. The summed E-state index contributed by atoms with van der Waals surface area (Å²) in [4.78, 5) is 17.2. The Morgan fingerprint density at radius 1 is 1.47 bits per heavy atom. The fourth-order valence-corrected chi connectivity index (χ4v) is 1.42. The van der Waals surface area contributed by atoms with Gasteiger partial charge in [-0.2, -0.15) is 4.98 Å². The third-order valence-electron chi connectivity index (χ3n) is 2.45. The molecule has 0 atom stereocenters. The second kappa shape index (κ2) is 4.40. The molecule has 2 heterocycles. The van der Waals surface area contributed by atoms with Crippen LogP contribution >= 0.6 is 0 Å². The molecule has 2 aromatic heterocycles. The van der Waals surface area contributed by atoms with Crippen LogP contribution in [0.2, 0.25) is 0 Å². The largest absolute Gasteiger partial charge is 0.347 e. The van der Waals surface area contributed by atoms with Crippen molar-refractivity contribution in [1.29, 1.82) is 0 Å². The molecule has 0 bridgehead atoms. The number of carbonyl (C=O) groups excluding carboxylic acids is 1. The van der Waals surface area contributed by atoms with Gasteiger partial charge in [-0.05, 0) is 19.1 Å². The van der Waals surface area contributed by atoms with Crippen LogP contribution in [-0.4, -0.2) is 46.0 Å². The van der Waals surface area contributed by atoms with Crippen LogP contribution < -0.4 is 5.32 Å². The van der Waals surface area contributed by atoms with Crippen molar-refractivity contribution in [2.75, 3.05) is 26.0 Å². The van der Waals surface area contributed by atoms with E-state index in [1.165, 1.54) is 4.90 Å². The first-order chi connectivity index (χ1) is 8.08. The third-order valence-corrected chi connectivity index (χ3v) is 2.45. The monoisotopic (exact) mass is 233 g/mol. The van der Waals surface area contributed by atoms with Gasteiger partial charge in [-0.15, -0.1) is 5.10 Å². The van der Waals surface area contributed by atoms with Gasteiger partial charge >= 0.3 is 0 Å². The third kappa shape index (κ3) is 2.35. The predicted octanol–water partition coefficient (Wildman–Crippen LogP) is 0.538. The molecular formula is C11H15N5O. The fourth-order valence-electron chi connectivity index (χ4n) is 1.42. The first kappa shape index (κ1) is 11.4. The number of pyridine rings is 1. The molecule has 1 N–H and O–H groups in total. The van der Waals surface area contributed by atoms with Crippen molar-refractivity contribution in [3.8, 4) is 0 Å². The van der Waals surface area contributed by atoms with Crippen LogP contribution in [0.5, 0.6) is 0 Å². The van der Waals surface area contributed by atoms with Gasteiger partial charge in [0.2, 0.25) is 11.9 Å². The molecule has 6 nitrogen and oxygen atoms in total. The summed E-state index contributed by atoms with van der Waals surface area (Å²) in [5.41, 5.74) is 1.77. The number of aromatic nitrogens is 3. The molecule has 0 aliphatic heterocycles. The first-order valence-electron chi connectivity index (χ1n) is 5.34. The van der Waals surface area contributed by atoms with Gasteiger partial charge < -0.3 is 10.2 Å². The number of hydrogen-bond acceptors (Lipinski definition) is 4. The van der Waals surface area contributed by atoms with Gasteiger partial charge in [-0.25, -0.2) is 4.52 Å². The van der Waals surface area contributed by atoms with Gasteiger partial charge in [-0.1, -0.05) is 6.07 Å². The zero-order valence-electron chi connectivity index (χ0n) is 10.1. The minimum Gasteiger partial charge on any atom is -0.347 e. The second-order valence-corrected chi connectivity index (χ2v) is 4.01. The van der Waals surface area contributed by atoms with Gasteiger partial charge in [0, 0.05) is 19.8 Å². The maximum Gasteiger partial charge on any atom is 0.243 e. The SMILES string of the molecule is Cc1cccc2nc(NCC(=O)N(C)C)nn12. The molecule has 0 saturated heterocycles. The minimum absolute atomic E-state index is 0.0134. The lowest BCUT2D eigenvalue weighted by Crippen LogP contribution is -2.28. The number of aryl methyl sites for hydroxylation is 1. The molecule has 2 aromatic rings. The van der Waals surface area contributed by atoms with Gasteiger partial charge in [0.05, 0.1) is 6.54 Å². The zero-order chi connectivity index (χ0) is 12.4. The predicted molar refractivity (Wildman–Crippen MR) is 64.9 cm³/mol. The molecule has 1 amide bonds. The highest BCUT2D eigenvalue weighted by molar-refractivity contribution is 5.79. The number of fused-ring (bicyclic) bond motifs is 1. The maximum absolute atomic E-state index is 11.4. The molecule has 0 unspecified atom stereocenters. The van der Waals surface area contributed by atoms with Crippen LogP contribution in [0.3, 0.4) is 0 Å². The molecule has 0 fully saturated rings. The van der Waals surface area contributed by atoms with E-state index in [1.54, 1.807) is 18.6 Å². The van der Waals surface area contributed by atoms with E-state index in [1.807, 2.05) is 25.1 Å². The summed E-state index contributed by atoms with van der Waals surface area (Å²) in [5.74, 6) is 0.454. The standard InChI is InChI=1S/C11H15N5O/c1-8-5-4-6-9-13-11(14-16(8)9)12-7-10(17)15(2)3/h4-6H,7H2,1-3H3,(H,12,14). The van der Waals surface area contributed by atoms with Gasteiger partial charge in [0.25, 0.3) is 0 Å². The lowest BCUT2D eigenvalue weighted by atomic mass is 10.4. The fraction of sp³-hybridized carbons (Fsp3) is 0.364. The average molecular weight is 233 g/mol. The van der Waals surface area contributed by atoms with E-state index in [9.17, 15) is 4.79 Å². The van der Waals surface area contributed by atoms with Crippen LogP contribution in [0, 0.1) is 6.92 Å². The van der Waals surface area contributed by atoms with Crippen molar-refractivity contribution in [3.63, 3.8) is 0 Å². The van der Waals surface area contributed by atoms with Crippen LogP contribution in [-0.2, 0) is 4.79 Å². The molecule has 0 aromatic carbocycles. The Kier molecular flexibility index (Phi) is 2.95. The molecule has 2 rings (SSSR count). The Labute approximate surface area is 99.3 Å². The van der Waals surface area contributed by atoms with E-state index in [-0.39, 0.29) is 12.5 Å². The highest BCUT2D eigenvalue weighted by Gasteiger charge is 2.07. The molecule has 0 spiro atoms.